The Labute approximate surface area is 245 Å². The number of pyridine rings is 1. The summed E-state index contributed by atoms with van der Waals surface area (Å²) in [6.07, 6.45) is 0.318. The van der Waals surface area contributed by atoms with E-state index >= 15 is 0 Å². The number of benzene rings is 2. The van der Waals surface area contributed by atoms with Gasteiger partial charge in [0.05, 0.1) is 23.3 Å². The number of rotatable bonds is 8. The number of anilines is 2. The van der Waals surface area contributed by atoms with Crippen LogP contribution in [0.15, 0.2) is 66.9 Å². The molecule has 1 saturated heterocycles. The number of nitrogens with one attached hydrogen (secondary N) is 1. The van der Waals surface area contributed by atoms with Crippen molar-refractivity contribution >= 4 is 29.2 Å². The second kappa shape index (κ2) is 11.9. The van der Waals surface area contributed by atoms with Gasteiger partial charge < -0.3 is 5.32 Å². The van der Waals surface area contributed by atoms with Gasteiger partial charge in [-0.2, -0.15) is 10.5 Å². The van der Waals surface area contributed by atoms with Crippen LogP contribution in [0.1, 0.15) is 54.8 Å². The molecule has 2 aliphatic rings. The molecule has 5 rings (SSSR count). The van der Waals surface area contributed by atoms with Gasteiger partial charge in [-0.1, -0.05) is 30.3 Å². The maximum Gasteiger partial charge on any atom is 0.252 e. The Bertz CT molecular complexity index is 1640. The van der Waals surface area contributed by atoms with Crippen LogP contribution in [-0.4, -0.2) is 40.7 Å². The smallest absolute Gasteiger partial charge is 0.252 e. The Balaban J connectivity index is 1.54. The second-order valence-corrected chi connectivity index (χ2v) is 10.5. The molecule has 0 spiro atoms. The number of alkyl halides is 2. The topological polar surface area (TPSA) is 130 Å². The van der Waals surface area contributed by atoms with Gasteiger partial charge in [0.1, 0.15) is 17.7 Å². The van der Waals surface area contributed by atoms with E-state index in [0.29, 0.717) is 5.56 Å². The summed E-state index contributed by atoms with van der Waals surface area (Å²) >= 11 is 0. The number of nitriles is 2. The SMILES string of the molecule is N#Cc1cc(F)cc(N(C(=O)C[C@@H]2CCC(=O)N2c2cc(C#N)ccn2)[C@H](C(=O)NC2CC(F)(F)C2)c2ccccc2)c1. The van der Waals surface area contributed by atoms with Gasteiger partial charge in [0.25, 0.3) is 5.92 Å². The van der Waals surface area contributed by atoms with Crippen molar-refractivity contribution in [1.82, 2.24) is 10.3 Å². The zero-order valence-corrected chi connectivity index (χ0v) is 22.7. The van der Waals surface area contributed by atoms with Crippen LogP contribution in [0.5, 0.6) is 0 Å². The molecule has 0 radical (unpaired) electrons. The van der Waals surface area contributed by atoms with Crippen LogP contribution in [0.2, 0.25) is 0 Å². The predicted octanol–water partition coefficient (Wildman–Crippen LogP) is 4.54. The highest BCUT2D eigenvalue weighted by Crippen LogP contribution is 2.39. The molecule has 2 aromatic carbocycles. The average Bonchev–Trinajstić information content (AvgIpc) is 3.33. The van der Waals surface area contributed by atoms with E-state index in [9.17, 15) is 38.1 Å². The van der Waals surface area contributed by atoms with Crippen molar-refractivity contribution in [3.63, 3.8) is 0 Å². The van der Waals surface area contributed by atoms with Crippen molar-refractivity contribution in [2.75, 3.05) is 9.80 Å². The zero-order valence-electron chi connectivity index (χ0n) is 22.7. The van der Waals surface area contributed by atoms with E-state index in [0.717, 1.165) is 17.0 Å². The molecule has 2 heterocycles. The standard InChI is InChI=1S/C31H25F3N6O3/c32-22-10-20(18-36)11-25(13-22)40(29(21-4-2-1-3-5-21)30(43)38-23-15-31(33,34)16-23)28(42)14-24-6-7-27(41)39(24)26-12-19(17-35)8-9-37-26/h1-5,8-13,23-24,29H,6-7,14-16H2,(H,38,43)/t24-,29-/m0/s1. The summed E-state index contributed by atoms with van der Waals surface area (Å²) in [6, 6.07) is 15.1. The van der Waals surface area contributed by atoms with Crippen molar-refractivity contribution in [2.45, 2.75) is 56.2 Å². The van der Waals surface area contributed by atoms with Crippen LogP contribution in [0.3, 0.4) is 0 Å². The van der Waals surface area contributed by atoms with Crippen LogP contribution in [0.4, 0.5) is 24.7 Å². The fraction of sp³-hybridized carbons (Fsp3) is 0.290. The van der Waals surface area contributed by atoms with Crippen LogP contribution in [-0.2, 0) is 14.4 Å². The summed E-state index contributed by atoms with van der Waals surface area (Å²) in [5.74, 6) is -5.30. The molecule has 43 heavy (non-hydrogen) atoms. The van der Waals surface area contributed by atoms with Gasteiger partial charge >= 0.3 is 0 Å². The number of aromatic nitrogens is 1. The third-order valence-electron chi connectivity index (χ3n) is 7.47. The molecule has 0 bridgehead atoms. The van der Waals surface area contributed by atoms with E-state index in [1.807, 2.05) is 12.1 Å². The maximum atomic E-state index is 14.7. The average molecular weight is 587 g/mol. The Morgan fingerprint density at radius 2 is 1.79 bits per heavy atom. The lowest BCUT2D eigenvalue weighted by molar-refractivity contribution is -0.133. The molecule has 1 aromatic heterocycles. The van der Waals surface area contributed by atoms with E-state index < -0.39 is 54.5 Å². The second-order valence-electron chi connectivity index (χ2n) is 10.5. The number of amides is 3. The first-order chi connectivity index (χ1) is 20.6. The fourth-order valence-corrected chi connectivity index (χ4v) is 5.48. The van der Waals surface area contributed by atoms with Gasteiger partial charge in [-0.3, -0.25) is 24.2 Å². The molecular weight excluding hydrogens is 561 g/mol. The van der Waals surface area contributed by atoms with Crippen molar-refractivity contribution in [3.05, 3.63) is 89.4 Å². The molecule has 2 fully saturated rings. The third kappa shape index (κ3) is 6.33. The van der Waals surface area contributed by atoms with Crippen LogP contribution >= 0.6 is 0 Å². The molecule has 3 amide bonds. The summed E-state index contributed by atoms with van der Waals surface area (Å²) in [4.78, 5) is 47.4. The Hall–Kier alpha value is -5.23. The quantitative estimate of drug-likeness (QED) is 0.413. The number of halogens is 3. The van der Waals surface area contributed by atoms with Crippen LogP contribution in [0.25, 0.3) is 0 Å². The first kappa shape index (κ1) is 29.3. The molecular formula is C31H25F3N6O3. The molecule has 1 aliphatic heterocycles. The van der Waals surface area contributed by atoms with E-state index in [4.69, 9.17) is 0 Å². The Morgan fingerprint density at radius 1 is 1.07 bits per heavy atom. The lowest BCUT2D eigenvalue weighted by Gasteiger charge is -2.38. The molecule has 9 nitrogen and oxygen atoms in total. The fourth-order valence-electron chi connectivity index (χ4n) is 5.48. The van der Waals surface area contributed by atoms with Gasteiger partial charge in [0.15, 0.2) is 0 Å². The van der Waals surface area contributed by atoms with Crippen LogP contribution < -0.4 is 15.1 Å². The normalized spacial score (nSPS) is 18.2. The van der Waals surface area contributed by atoms with Gasteiger partial charge in [-0.25, -0.2) is 18.2 Å². The highest BCUT2D eigenvalue weighted by molar-refractivity contribution is 6.03. The van der Waals surface area contributed by atoms with E-state index in [1.165, 1.54) is 29.3 Å². The van der Waals surface area contributed by atoms with Crippen LogP contribution in [0, 0.1) is 28.5 Å². The summed E-state index contributed by atoms with van der Waals surface area (Å²) < 4.78 is 41.9. The molecule has 1 saturated carbocycles. The van der Waals surface area contributed by atoms with Gasteiger partial charge in [0.2, 0.25) is 17.7 Å². The summed E-state index contributed by atoms with van der Waals surface area (Å²) in [5.41, 5.74) is 0.395. The van der Waals surface area contributed by atoms with E-state index in [1.54, 1.807) is 30.3 Å². The molecule has 12 heteroatoms. The largest absolute Gasteiger partial charge is 0.351 e. The molecule has 1 N–H and O–H groups in total. The van der Waals surface area contributed by atoms with Crippen molar-refractivity contribution in [3.8, 4) is 12.1 Å². The molecule has 218 valence electrons. The highest BCUT2D eigenvalue weighted by atomic mass is 19.3. The van der Waals surface area contributed by atoms with Crippen molar-refractivity contribution in [1.29, 1.82) is 10.5 Å². The van der Waals surface area contributed by atoms with E-state index in [2.05, 4.69) is 10.3 Å². The molecule has 1 aliphatic carbocycles. The zero-order chi connectivity index (χ0) is 30.7. The first-order valence-electron chi connectivity index (χ1n) is 13.5. The molecule has 2 atom stereocenters. The lowest BCUT2D eigenvalue weighted by Crippen LogP contribution is -2.54. The van der Waals surface area contributed by atoms with Gasteiger partial charge in [-0.05, 0) is 42.3 Å². The number of carbonyl (C=O) groups excluding carboxylic acids is 3. The van der Waals surface area contributed by atoms with Gasteiger partial charge in [0, 0.05) is 49.7 Å². The molecule has 3 aromatic rings. The Morgan fingerprint density at radius 3 is 2.47 bits per heavy atom. The van der Waals surface area contributed by atoms with Gasteiger partial charge in [-0.15, -0.1) is 0 Å². The van der Waals surface area contributed by atoms with E-state index in [-0.39, 0.29) is 47.8 Å². The lowest BCUT2D eigenvalue weighted by atomic mass is 9.87. The van der Waals surface area contributed by atoms with Crippen molar-refractivity contribution in [2.24, 2.45) is 0 Å². The summed E-state index contributed by atoms with van der Waals surface area (Å²) in [5, 5.41) is 21.4. The number of hydrogen-bond donors (Lipinski definition) is 1. The number of nitrogens with zero attached hydrogens (tertiary/aromatic N) is 5. The first-order valence-corrected chi connectivity index (χ1v) is 13.5. The minimum absolute atomic E-state index is 0.0926. The predicted molar refractivity (Wildman–Crippen MR) is 148 cm³/mol. The highest BCUT2D eigenvalue weighted by Gasteiger charge is 2.47. The minimum atomic E-state index is -2.91. The monoisotopic (exact) mass is 586 g/mol. The minimum Gasteiger partial charge on any atom is -0.351 e. The molecule has 0 unspecified atom stereocenters. The third-order valence-corrected chi connectivity index (χ3v) is 7.47. The summed E-state index contributed by atoms with van der Waals surface area (Å²) in [7, 11) is 0. The summed E-state index contributed by atoms with van der Waals surface area (Å²) in [6.45, 7) is 0. The Kier molecular flexibility index (Phi) is 8.13. The number of carbonyl (C=O) groups is 3. The maximum absolute atomic E-state index is 14.7. The van der Waals surface area contributed by atoms with Crippen molar-refractivity contribution < 1.29 is 27.6 Å². The number of hydrogen-bond acceptors (Lipinski definition) is 6.